The van der Waals surface area contributed by atoms with Crippen molar-refractivity contribution in [2.45, 2.75) is 47.0 Å². The third-order valence-electron chi connectivity index (χ3n) is 2.76. The Kier molecular flexibility index (Phi) is 2.07. The van der Waals surface area contributed by atoms with Crippen LogP contribution in [0.15, 0.2) is 0 Å². The van der Waals surface area contributed by atoms with E-state index in [2.05, 4.69) is 27.7 Å². The second-order valence-electron chi connectivity index (χ2n) is 4.85. The van der Waals surface area contributed by atoms with Crippen molar-refractivity contribution in [1.82, 2.24) is 0 Å². The molecule has 2 aliphatic rings. The quantitative estimate of drug-likeness (QED) is 0.483. The Bertz CT molecular complexity index is 101. The molecule has 10 heavy (non-hydrogen) atoms. The molecular formula is C10H20. The maximum atomic E-state index is 2.30. The van der Waals surface area contributed by atoms with Gasteiger partial charge in [0, 0.05) is 0 Å². The fourth-order valence-corrected chi connectivity index (χ4v) is 0.758. The SMILES string of the molecule is CC1(C)CC1.CC1CC1C. The molecule has 0 aromatic carbocycles. The van der Waals surface area contributed by atoms with E-state index in [4.69, 9.17) is 0 Å². The van der Waals surface area contributed by atoms with E-state index in [0.717, 1.165) is 17.3 Å². The van der Waals surface area contributed by atoms with E-state index in [0.29, 0.717) is 0 Å². The molecule has 0 bridgehead atoms. The van der Waals surface area contributed by atoms with Crippen LogP contribution >= 0.6 is 0 Å². The van der Waals surface area contributed by atoms with Crippen LogP contribution in [0.2, 0.25) is 0 Å². The molecule has 2 fully saturated rings. The summed E-state index contributed by atoms with van der Waals surface area (Å²) in [6.07, 6.45) is 4.38. The Labute approximate surface area is 65.0 Å². The Morgan fingerprint density at radius 3 is 1.20 bits per heavy atom. The molecule has 0 aromatic rings. The number of hydrogen-bond donors (Lipinski definition) is 0. The highest BCUT2D eigenvalue weighted by Gasteiger charge is 2.30. The van der Waals surface area contributed by atoms with Crippen LogP contribution in [0.1, 0.15) is 47.0 Å². The van der Waals surface area contributed by atoms with Gasteiger partial charge in [0.2, 0.25) is 0 Å². The summed E-state index contributed by atoms with van der Waals surface area (Å²) in [6.45, 7) is 9.19. The summed E-state index contributed by atoms with van der Waals surface area (Å²) in [5.41, 5.74) is 0.750. The Morgan fingerprint density at radius 2 is 1.20 bits per heavy atom. The van der Waals surface area contributed by atoms with Crippen LogP contribution in [-0.4, -0.2) is 0 Å². The second kappa shape index (κ2) is 2.56. The van der Waals surface area contributed by atoms with E-state index in [1.807, 2.05) is 0 Å². The highest BCUT2D eigenvalue weighted by atomic mass is 14.4. The van der Waals surface area contributed by atoms with Crippen LogP contribution in [0.5, 0.6) is 0 Å². The summed E-state index contributed by atoms with van der Waals surface area (Å²) >= 11 is 0. The van der Waals surface area contributed by atoms with Crippen LogP contribution in [0, 0.1) is 17.3 Å². The monoisotopic (exact) mass is 140 g/mol. The topological polar surface area (TPSA) is 0 Å². The lowest BCUT2D eigenvalue weighted by atomic mass is 10.2. The molecule has 0 heteroatoms. The second-order valence-corrected chi connectivity index (χ2v) is 4.85. The predicted molar refractivity (Wildman–Crippen MR) is 46.0 cm³/mol. The summed E-state index contributed by atoms with van der Waals surface area (Å²) in [6, 6.07) is 0. The zero-order chi connectivity index (χ0) is 7.78. The summed E-state index contributed by atoms with van der Waals surface area (Å²) in [7, 11) is 0. The molecule has 0 N–H and O–H groups in total. The van der Waals surface area contributed by atoms with Gasteiger partial charge >= 0.3 is 0 Å². The van der Waals surface area contributed by atoms with Gasteiger partial charge in [-0.05, 0) is 36.5 Å². The molecular weight excluding hydrogens is 120 g/mol. The Morgan fingerprint density at radius 1 is 1.00 bits per heavy atom. The molecule has 2 rings (SSSR count). The predicted octanol–water partition coefficient (Wildman–Crippen LogP) is 3.47. The van der Waals surface area contributed by atoms with Crippen LogP contribution in [0.3, 0.4) is 0 Å². The summed E-state index contributed by atoms with van der Waals surface area (Å²) in [4.78, 5) is 0. The van der Waals surface area contributed by atoms with Crippen molar-refractivity contribution in [2.24, 2.45) is 17.3 Å². The van der Waals surface area contributed by atoms with E-state index in [1.54, 1.807) is 0 Å². The molecule has 0 saturated heterocycles. The van der Waals surface area contributed by atoms with Crippen molar-refractivity contribution in [3.63, 3.8) is 0 Å². The number of hydrogen-bond acceptors (Lipinski definition) is 0. The third-order valence-corrected chi connectivity index (χ3v) is 2.76. The van der Waals surface area contributed by atoms with E-state index >= 15 is 0 Å². The zero-order valence-corrected chi connectivity index (χ0v) is 7.78. The Balaban J connectivity index is 0.0000001000. The molecule has 2 unspecified atom stereocenters. The highest BCUT2D eigenvalue weighted by Crippen LogP contribution is 2.43. The van der Waals surface area contributed by atoms with Gasteiger partial charge in [0.15, 0.2) is 0 Å². The average molecular weight is 140 g/mol. The minimum absolute atomic E-state index is 0.750. The fraction of sp³-hybridized carbons (Fsp3) is 1.00. The molecule has 60 valence electrons. The van der Waals surface area contributed by atoms with Gasteiger partial charge in [-0.1, -0.05) is 27.7 Å². The van der Waals surface area contributed by atoms with E-state index in [9.17, 15) is 0 Å². The molecule has 0 aromatic heterocycles. The van der Waals surface area contributed by atoms with Gasteiger partial charge < -0.3 is 0 Å². The van der Waals surface area contributed by atoms with Gasteiger partial charge in [-0.3, -0.25) is 0 Å². The molecule has 0 radical (unpaired) electrons. The molecule has 0 amide bonds. The standard InChI is InChI=1S/2C5H10/c1-5(2)3-4-5;1-4-3-5(4)2/h3-4H2,1-2H3;4-5H,3H2,1-2H3. The van der Waals surface area contributed by atoms with Gasteiger partial charge in [-0.2, -0.15) is 0 Å². The van der Waals surface area contributed by atoms with Crippen LogP contribution in [-0.2, 0) is 0 Å². The fourth-order valence-electron chi connectivity index (χ4n) is 0.758. The van der Waals surface area contributed by atoms with Crippen molar-refractivity contribution in [3.8, 4) is 0 Å². The minimum Gasteiger partial charge on any atom is -0.0622 e. The van der Waals surface area contributed by atoms with Gasteiger partial charge in [-0.25, -0.2) is 0 Å². The molecule has 2 atom stereocenters. The van der Waals surface area contributed by atoms with E-state index in [1.165, 1.54) is 19.3 Å². The maximum absolute atomic E-state index is 2.30. The van der Waals surface area contributed by atoms with Crippen molar-refractivity contribution >= 4 is 0 Å². The first-order chi connectivity index (χ1) is 4.51. The first kappa shape index (κ1) is 8.10. The van der Waals surface area contributed by atoms with Crippen molar-refractivity contribution in [2.75, 3.05) is 0 Å². The summed E-state index contributed by atoms with van der Waals surface area (Å²) in [5, 5.41) is 0. The summed E-state index contributed by atoms with van der Waals surface area (Å²) < 4.78 is 0. The van der Waals surface area contributed by atoms with Gasteiger partial charge in [-0.15, -0.1) is 0 Å². The molecule has 0 nitrogen and oxygen atoms in total. The lowest BCUT2D eigenvalue weighted by Gasteiger charge is -1.86. The summed E-state index contributed by atoms with van der Waals surface area (Å²) in [5.74, 6) is 2.10. The van der Waals surface area contributed by atoms with E-state index < -0.39 is 0 Å². The minimum atomic E-state index is 0.750. The first-order valence-electron chi connectivity index (χ1n) is 4.51. The van der Waals surface area contributed by atoms with Crippen molar-refractivity contribution < 1.29 is 0 Å². The normalized spacial score (nSPS) is 39.6. The highest BCUT2D eigenvalue weighted by molar-refractivity contribution is 4.82. The van der Waals surface area contributed by atoms with Gasteiger partial charge in [0.05, 0.1) is 0 Å². The molecule has 0 spiro atoms. The largest absolute Gasteiger partial charge is 0.0622 e. The molecule has 2 aliphatic carbocycles. The lowest BCUT2D eigenvalue weighted by Crippen LogP contribution is -1.75. The lowest BCUT2D eigenvalue weighted by molar-refractivity contribution is 0.653. The van der Waals surface area contributed by atoms with E-state index in [-0.39, 0.29) is 0 Å². The van der Waals surface area contributed by atoms with Crippen LogP contribution < -0.4 is 0 Å². The van der Waals surface area contributed by atoms with Gasteiger partial charge in [0.25, 0.3) is 0 Å². The molecule has 0 aliphatic heterocycles. The molecule has 0 heterocycles. The van der Waals surface area contributed by atoms with Crippen molar-refractivity contribution in [1.29, 1.82) is 0 Å². The zero-order valence-electron chi connectivity index (χ0n) is 7.78. The van der Waals surface area contributed by atoms with Gasteiger partial charge in [0.1, 0.15) is 0 Å². The molecule has 2 saturated carbocycles. The average Bonchev–Trinajstić information content (AvgIpc) is 2.60. The van der Waals surface area contributed by atoms with Crippen LogP contribution in [0.4, 0.5) is 0 Å². The van der Waals surface area contributed by atoms with Crippen LogP contribution in [0.25, 0.3) is 0 Å². The smallest absolute Gasteiger partial charge is 0.0354 e. The number of rotatable bonds is 0. The Hall–Kier alpha value is 0. The van der Waals surface area contributed by atoms with Crippen molar-refractivity contribution in [3.05, 3.63) is 0 Å². The first-order valence-corrected chi connectivity index (χ1v) is 4.51. The third kappa shape index (κ3) is 3.24. The maximum Gasteiger partial charge on any atom is -0.0354 e.